The molecule has 6 aromatic carbocycles. The van der Waals surface area contributed by atoms with Crippen LogP contribution in [0, 0.1) is 0 Å². The second kappa shape index (κ2) is 9.90. The molecule has 3 nitrogen and oxygen atoms in total. The highest BCUT2D eigenvalue weighted by molar-refractivity contribution is 9.10. The first-order valence-corrected chi connectivity index (χ1v) is 13.6. The van der Waals surface area contributed by atoms with Crippen LogP contribution in [0.15, 0.2) is 138 Å². The lowest BCUT2D eigenvalue weighted by Crippen LogP contribution is -2.01. The minimum atomic E-state index is 0.634. The fraction of sp³-hybridized carbons (Fsp3) is 0. The molecule has 0 bridgehead atoms. The molecule has 0 unspecified atom stereocenters. The SMILES string of the molecule is Brc1cc(-c2ccccc2)cc(-c2nc(-c3cccc4ccccc34)nc(-c3cccc4ccccc34)n2)c1. The average Bonchev–Trinajstić information content (AvgIpc) is 3.00. The van der Waals surface area contributed by atoms with Crippen LogP contribution in [0.5, 0.6) is 0 Å². The number of benzene rings is 6. The van der Waals surface area contributed by atoms with Crippen molar-refractivity contribution in [1.82, 2.24) is 15.0 Å². The molecule has 0 aliphatic carbocycles. The molecule has 0 aliphatic rings. The van der Waals surface area contributed by atoms with E-state index < -0.39 is 0 Å². The van der Waals surface area contributed by atoms with Gasteiger partial charge in [-0.05, 0) is 50.9 Å². The monoisotopic (exact) mass is 563 g/mol. The van der Waals surface area contributed by atoms with Gasteiger partial charge in [0.1, 0.15) is 0 Å². The molecule has 0 amide bonds. The molecule has 0 spiro atoms. The van der Waals surface area contributed by atoms with Gasteiger partial charge in [-0.2, -0.15) is 0 Å². The number of hydrogen-bond donors (Lipinski definition) is 0. The van der Waals surface area contributed by atoms with Crippen LogP contribution in [0.4, 0.5) is 0 Å². The van der Waals surface area contributed by atoms with E-state index in [4.69, 9.17) is 15.0 Å². The lowest BCUT2D eigenvalue weighted by Gasteiger charge is -2.12. The predicted octanol–water partition coefficient (Wildman–Crippen LogP) is 9.61. The van der Waals surface area contributed by atoms with E-state index in [0.717, 1.165) is 53.8 Å². The Kier molecular flexibility index (Phi) is 5.95. The molecule has 0 atom stereocenters. The molecule has 0 fully saturated rings. The maximum absolute atomic E-state index is 5.07. The second-order valence-electron chi connectivity index (χ2n) is 9.45. The van der Waals surface area contributed by atoms with Crippen LogP contribution in [0.2, 0.25) is 0 Å². The van der Waals surface area contributed by atoms with Gasteiger partial charge in [0, 0.05) is 21.2 Å². The summed E-state index contributed by atoms with van der Waals surface area (Å²) in [5.41, 5.74) is 5.12. The number of rotatable bonds is 4. The first-order chi connectivity index (χ1) is 19.2. The Morgan fingerprint density at radius 3 is 1.49 bits per heavy atom. The van der Waals surface area contributed by atoms with Crippen molar-refractivity contribution in [1.29, 1.82) is 0 Å². The standard InChI is InChI=1S/C35H22BrN3/c36-28-21-26(23-10-2-1-3-11-23)20-27(22-28)33-37-34(31-18-8-14-24-12-4-6-16-29(24)31)39-35(38-33)32-19-9-15-25-13-5-7-17-30(25)32/h1-22H. The Morgan fingerprint density at radius 1 is 0.385 bits per heavy atom. The quantitative estimate of drug-likeness (QED) is 0.214. The van der Waals surface area contributed by atoms with E-state index in [9.17, 15) is 0 Å². The maximum atomic E-state index is 5.07. The van der Waals surface area contributed by atoms with E-state index >= 15 is 0 Å². The summed E-state index contributed by atoms with van der Waals surface area (Å²) in [5, 5.41) is 4.52. The van der Waals surface area contributed by atoms with Crippen LogP contribution < -0.4 is 0 Å². The minimum Gasteiger partial charge on any atom is -0.208 e. The van der Waals surface area contributed by atoms with Crippen molar-refractivity contribution < 1.29 is 0 Å². The van der Waals surface area contributed by atoms with Crippen LogP contribution in [-0.2, 0) is 0 Å². The molecular weight excluding hydrogens is 542 g/mol. The smallest absolute Gasteiger partial charge is 0.164 e. The van der Waals surface area contributed by atoms with Crippen molar-refractivity contribution in [3.8, 4) is 45.3 Å². The summed E-state index contributed by atoms with van der Waals surface area (Å²) in [6.07, 6.45) is 0. The average molecular weight is 564 g/mol. The molecule has 7 aromatic rings. The largest absolute Gasteiger partial charge is 0.208 e. The van der Waals surface area contributed by atoms with Crippen LogP contribution in [0.1, 0.15) is 0 Å². The van der Waals surface area contributed by atoms with Crippen LogP contribution >= 0.6 is 15.9 Å². The van der Waals surface area contributed by atoms with E-state index in [2.05, 4.69) is 143 Å². The van der Waals surface area contributed by atoms with Gasteiger partial charge in [-0.15, -0.1) is 0 Å². The summed E-state index contributed by atoms with van der Waals surface area (Å²) >= 11 is 3.73. The van der Waals surface area contributed by atoms with Gasteiger partial charge in [0.25, 0.3) is 0 Å². The lowest BCUT2D eigenvalue weighted by molar-refractivity contribution is 1.08. The van der Waals surface area contributed by atoms with Gasteiger partial charge in [0.2, 0.25) is 0 Å². The van der Waals surface area contributed by atoms with Crippen molar-refractivity contribution >= 4 is 37.5 Å². The van der Waals surface area contributed by atoms with Crippen molar-refractivity contribution in [2.45, 2.75) is 0 Å². The van der Waals surface area contributed by atoms with Crippen LogP contribution in [-0.4, -0.2) is 15.0 Å². The van der Waals surface area contributed by atoms with Gasteiger partial charge in [-0.3, -0.25) is 0 Å². The molecule has 0 aliphatic heterocycles. The Balaban J connectivity index is 1.50. The Bertz CT molecular complexity index is 1870. The van der Waals surface area contributed by atoms with Gasteiger partial charge in [-0.25, -0.2) is 15.0 Å². The number of aromatic nitrogens is 3. The van der Waals surface area contributed by atoms with E-state index in [1.165, 1.54) is 0 Å². The topological polar surface area (TPSA) is 38.7 Å². The van der Waals surface area contributed by atoms with Crippen molar-refractivity contribution in [2.24, 2.45) is 0 Å². The molecular formula is C35H22BrN3. The van der Waals surface area contributed by atoms with E-state index in [1.807, 2.05) is 6.07 Å². The zero-order valence-corrected chi connectivity index (χ0v) is 22.5. The highest BCUT2D eigenvalue weighted by atomic mass is 79.9. The van der Waals surface area contributed by atoms with Crippen LogP contribution in [0.25, 0.3) is 66.8 Å². The highest BCUT2D eigenvalue weighted by Crippen LogP contribution is 2.34. The molecule has 1 aromatic heterocycles. The summed E-state index contributed by atoms with van der Waals surface area (Å²) in [7, 11) is 0. The van der Waals surface area contributed by atoms with Gasteiger partial charge >= 0.3 is 0 Å². The number of hydrogen-bond acceptors (Lipinski definition) is 3. The molecule has 0 radical (unpaired) electrons. The van der Waals surface area contributed by atoms with E-state index in [-0.39, 0.29) is 0 Å². The Morgan fingerprint density at radius 2 is 0.872 bits per heavy atom. The third-order valence-electron chi connectivity index (χ3n) is 6.96. The first kappa shape index (κ1) is 23.4. The van der Waals surface area contributed by atoms with Gasteiger partial charge < -0.3 is 0 Å². The van der Waals surface area contributed by atoms with Crippen molar-refractivity contribution in [2.75, 3.05) is 0 Å². The molecule has 0 saturated heterocycles. The summed E-state index contributed by atoms with van der Waals surface area (Å²) < 4.78 is 0.970. The molecule has 39 heavy (non-hydrogen) atoms. The van der Waals surface area contributed by atoms with Gasteiger partial charge in [-0.1, -0.05) is 131 Å². The second-order valence-corrected chi connectivity index (χ2v) is 10.4. The highest BCUT2D eigenvalue weighted by Gasteiger charge is 2.16. The van der Waals surface area contributed by atoms with Gasteiger partial charge in [0.15, 0.2) is 17.5 Å². The third kappa shape index (κ3) is 4.49. The van der Waals surface area contributed by atoms with Crippen molar-refractivity contribution in [3.63, 3.8) is 0 Å². The van der Waals surface area contributed by atoms with Crippen LogP contribution in [0.3, 0.4) is 0 Å². The summed E-state index contributed by atoms with van der Waals surface area (Å²) in [5.74, 6) is 1.94. The summed E-state index contributed by atoms with van der Waals surface area (Å²) in [6, 6.07) is 45.9. The van der Waals surface area contributed by atoms with Gasteiger partial charge in [0.05, 0.1) is 0 Å². The maximum Gasteiger partial charge on any atom is 0.164 e. The lowest BCUT2D eigenvalue weighted by atomic mass is 10.0. The fourth-order valence-electron chi connectivity index (χ4n) is 5.10. The summed E-state index contributed by atoms with van der Waals surface area (Å²) in [4.78, 5) is 15.2. The summed E-state index contributed by atoms with van der Waals surface area (Å²) in [6.45, 7) is 0. The zero-order valence-electron chi connectivity index (χ0n) is 20.9. The number of fused-ring (bicyclic) bond motifs is 2. The Labute approximate surface area is 235 Å². The third-order valence-corrected chi connectivity index (χ3v) is 7.42. The number of nitrogens with zero attached hydrogens (tertiary/aromatic N) is 3. The normalized spacial score (nSPS) is 11.2. The molecule has 7 rings (SSSR count). The molecule has 4 heteroatoms. The van der Waals surface area contributed by atoms with E-state index in [1.54, 1.807) is 0 Å². The number of halogens is 1. The fourth-order valence-corrected chi connectivity index (χ4v) is 5.60. The van der Waals surface area contributed by atoms with Crippen molar-refractivity contribution in [3.05, 3.63) is 138 Å². The molecule has 184 valence electrons. The first-order valence-electron chi connectivity index (χ1n) is 12.8. The minimum absolute atomic E-state index is 0.634. The molecule has 0 N–H and O–H groups in total. The molecule has 0 saturated carbocycles. The zero-order chi connectivity index (χ0) is 26.2. The Hall–Kier alpha value is -4.67. The molecule has 1 heterocycles. The predicted molar refractivity (Wildman–Crippen MR) is 164 cm³/mol. The van der Waals surface area contributed by atoms with E-state index in [0.29, 0.717) is 17.5 Å².